The number of furan rings is 1. The molecule has 2 heterocycles. The number of nitrogens with zero attached hydrogens (tertiary/aromatic N) is 2. The zero-order chi connectivity index (χ0) is 23.8. The number of aromatic nitrogens is 1. The molecule has 2 amide bonds. The van der Waals surface area contributed by atoms with Gasteiger partial charge in [0.2, 0.25) is 5.91 Å². The topological polar surface area (TPSA) is 75.4 Å². The van der Waals surface area contributed by atoms with E-state index in [1.807, 2.05) is 30.3 Å². The smallest absolute Gasteiger partial charge is 0.294 e. The van der Waals surface area contributed by atoms with Gasteiger partial charge in [-0.3, -0.25) is 14.6 Å². The minimum atomic E-state index is -0.344. The first-order valence-corrected chi connectivity index (χ1v) is 10.9. The summed E-state index contributed by atoms with van der Waals surface area (Å²) in [6, 6.07) is 22.2. The van der Waals surface area contributed by atoms with E-state index in [0.717, 1.165) is 16.8 Å². The Morgan fingerprint density at radius 1 is 0.941 bits per heavy atom. The second-order valence-corrected chi connectivity index (χ2v) is 7.76. The van der Waals surface area contributed by atoms with Crippen molar-refractivity contribution < 1.29 is 18.4 Å². The second-order valence-electron chi connectivity index (χ2n) is 7.76. The van der Waals surface area contributed by atoms with Crippen LogP contribution in [-0.2, 0) is 24.2 Å². The summed E-state index contributed by atoms with van der Waals surface area (Å²) in [7, 11) is 0. The molecule has 2 aromatic carbocycles. The molecule has 172 valence electrons. The van der Waals surface area contributed by atoms with Gasteiger partial charge in [0.25, 0.3) is 5.91 Å². The van der Waals surface area contributed by atoms with Crippen LogP contribution in [0.2, 0.25) is 0 Å². The molecule has 0 aliphatic heterocycles. The number of nitrogens with one attached hydrogen (secondary N) is 1. The largest absolute Gasteiger partial charge is 0.459 e. The Hall–Kier alpha value is -4.26. The molecule has 1 N–H and O–H groups in total. The zero-order valence-electron chi connectivity index (χ0n) is 18.5. The third-order valence-corrected chi connectivity index (χ3v) is 5.25. The van der Waals surface area contributed by atoms with Gasteiger partial charge in [-0.05, 0) is 59.7 Å². The molecular formula is C27H24FN3O3. The van der Waals surface area contributed by atoms with Crippen LogP contribution in [-0.4, -0.2) is 23.3 Å². The highest BCUT2D eigenvalue weighted by molar-refractivity contribution is 6.04. The molecule has 34 heavy (non-hydrogen) atoms. The maximum absolute atomic E-state index is 13.4. The fraction of sp³-hybridized carbons (Fsp3) is 0.148. The normalized spacial score (nSPS) is 10.6. The van der Waals surface area contributed by atoms with Crippen LogP contribution in [0.4, 0.5) is 10.1 Å². The van der Waals surface area contributed by atoms with Gasteiger partial charge in [0.15, 0.2) is 5.76 Å². The van der Waals surface area contributed by atoms with Crippen molar-refractivity contribution in [3.8, 4) is 0 Å². The van der Waals surface area contributed by atoms with Crippen LogP contribution in [0.15, 0.2) is 95.7 Å². The SMILES string of the molecule is O=C(Cc1cccc(N(Cc2ccc(F)cc2)C(=O)c2ccco2)c1)NCCc1ccccn1. The number of carbonyl (C=O) groups is 2. The molecule has 2 aromatic heterocycles. The fourth-order valence-electron chi connectivity index (χ4n) is 3.54. The molecule has 4 rings (SSSR count). The summed E-state index contributed by atoms with van der Waals surface area (Å²) in [5, 5.41) is 2.91. The summed E-state index contributed by atoms with van der Waals surface area (Å²) in [5.41, 5.74) is 3.06. The number of carbonyl (C=O) groups excluding carboxylic acids is 2. The number of hydrogen-bond donors (Lipinski definition) is 1. The van der Waals surface area contributed by atoms with E-state index in [1.165, 1.54) is 18.4 Å². The molecule has 0 fully saturated rings. The molecule has 0 atom stereocenters. The van der Waals surface area contributed by atoms with Gasteiger partial charge < -0.3 is 14.6 Å². The maximum atomic E-state index is 13.4. The molecule has 6 nitrogen and oxygen atoms in total. The van der Waals surface area contributed by atoms with Crippen molar-refractivity contribution in [2.24, 2.45) is 0 Å². The van der Waals surface area contributed by atoms with E-state index in [0.29, 0.717) is 18.7 Å². The Bertz CT molecular complexity index is 1230. The van der Waals surface area contributed by atoms with Gasteiger partial charge in [0, 0.05) is 30.5 Å². The van der Waals surface area contributed by atoms with Crippen LogP contribution < -0.4 is 10.2 Å². The summed E-state index contributed by atoms with van der Waals surface area (Å²) in [4.78, 5) is 31.4. The molecule has 0 unspecified atom stereocenters. The Labute approximate surface area is 197 Å². The fourth-order valence-corrected chi connectivity index (χ4v) is 3.54. The van der Waals surface area contributed by atoms with Gasteiger partial charge in [0.1, 0.15) is 5.82 Å². The van der Waals surface area contributed by atoms with Crippen LogP contribution in [0.3, 0.4) is 0 Å². The van der Waals surface area contributed by atoms with Gasteiger partial charge >= 0.3 is 0 Å². The number of rotatable bonds is 9. The van der Waals surface area contributed by atoms with Crippen molar-refractivity contribution in [2.45, 2.75) is 19.4 Å². The molecule has 0 bridgehead atoms. The minimum absolute atomic E-state index is 0.115. The highest BCUT2D eigenvalue weighted by Gasteiger charge is 2.21. The van der Waals surface area contributed by atoms with Crippen molar-refractivity contribution in [3.05, 3.63) is 120 Å². The first-order chi connectivity index (χ1) is 16.6. The van der Waals surface area contributed by atoms with E-state index in [1.54, 1.807) is 47.5 Å². The highest BCUT2D eigenvalue weighted by atomic mass is 19.1. The van der Waals surface area contributed by atoms with Crippen LogP contribution in [0, 0.1) is 5.82 Å². The molecule has 0 spiro atoms. The summed E-state index contributed by atoms with van der Waals surface area (Å²) in [6.07, 6.45) is 3.99. The molecule has 0 radical (unpaired) electrons. The van der Waals surface area contributed by atoms with E-state index >= 15 is 0 Å². The van der Waals surface area contributed by atoms with Gasteiger partial charge in [-0.15, -0.1) is 0 Å². The van der Waals surface area contributed by atoms with E-state index in [-0.39, 0.29) is 36.4 Å². The summed E-state index contributed by atoms with van der Waals surface area (Å²) >= 11 is 0. The van der Waals surface area contributed by atoms with Gasteiger partial charge in [-0.2, -0.15) is 0 Å². The van der Waals surface area contributed by atoms with E-state index in [2.05, 4.69) is 10.3 Å². The number of anilines is 1. The lowest BCUT2D eigenvalue weighted by Gasteiger charge is -2.23. The second kappa shape index (κ2) is 11.0. The van der Waals surface area contributed by atoms with Crippen LogP contribution in [0.25, 0.3) is 0 Å². The van der Waals surface area contributed by atoms with Crippen molar-refractivity contribution in [1.82, 2.24) is 10.3 Å². The maximum Gasteiger partial charge on any atom is 0.294 e. The van der Waals surface area contributed by atoms with E-state index < -0.39 is 0 Å². The van der Waals surface area contributed by atoms with Crippen molar-refractivity contribution >= 4 is 17.5 Å². The van der Waals surface area contributed by atoms with Gasteiger partial charge in [-0.25, -0.2) is 4.39 Å². The van der Waals surface area contributed by atoms with Gasteiger partial charge in [-0.1, -0.05) is 30.3 Å². The van der Waals surface area contributed by atoms with Crippen LogP contribution in [0.1, 0.15) is 27.4 Å². The predicted molar refractivity (Wildman–Crippen MR) is 127 cm³/mol. The Morgan fingerprint density at radius 3 is 2.53 bits per heavy atom. The third-order valence-electron chi connectivity index (χ3n) is 5.25. The lowest BCUT2D eigenvalue weighted by atomic mass is 10.1. The lowest BCUT2D eigenvalue weighted by molar-refractivity contribution is -0.120. The summed E-state index contributed by atoms with van der Waals surface area (Å²) in [6.45, 7) is 0.711. The third kappa shape index (κ3) is 6.16. The molecule has 7 heteroatoms. The van der Waals surface area contributed by atoms with Crippen LogP contribution in [0.5, 0.6) is 0 Å². The van der Waals surface area contributed by atoms with Gasteiger partial charge in [0.05, 0.1) is 19.2 Å². The summed E-state index contributed by atoms with van der Waals surface area (Å²) < 4.78 is 18.7. The molecular weight excluding hydrogens is 433 g/mol. The van der Waals surface area contributed by atoms with Crippen molar-refractivity contribution in [2.75, 3.05) is 11.4 Å². The van der Waals surface area contributed by atoms with Crippen LogP contribution >= 0.6 is 0 Å². The van der Waals surface area contributed by atoms with E-state index in [4.69, 9.17) is 4.42 Å². The Kier molecular flexibility index (Phi) is 7.45. The van der Waals surface area contributed by atoms with Crippen molar-refractivity contribution in [1.29, 1.82) is 0 Å². The average Bonchev–Trinajstić information content (AvgIpc) is 3.39. The number of amides is 2. The standard InChI is InChI=1S/C27H24FN3O3/c28-22-11-9-20(10-12-22)19-31(27(33)25-8-4-16-34-25)24-7-3-5-21(17-24)18-26(32)30-15-13-23-6-1-2-14-29-23/h1-12,14,16-17H,13,15,18-19H2,(H,30,32). The summed E-state index contributed by atoms with van der Waals surface area (Å²) in [5.74, 6) is -0.592. The molecule has 0 saturated heterocycles. The minimum Gasteiger partial charge on any atom is -0.459 e. The van der Waals surface area contributed by atoms with E-state index in [9.17, 15) is 14.0 Å². The highest BCUT2D eigenvalue weighted by Crippen LogP contribution is 2.22. The molecule has 0 saturated carbocycles. The number of pyridine rings is 1. The number of hydrogen-bond acceptors (Lipinski definition) is 4. The molecule has 0 aliphatic carbocycles. The number of halogens is 1. The Morgan fingerprint density at radius 2 is 1.79 bits per heavy atom. The molecule has 0 aliphatic rings. The zero-order valence-corrected chi connectivity index (χ0v) is 18.5. The first-order valence-electron chi connectivity index (χ1n) is 10.9. The van der Waals surface area contributed by atoms with Crippen molar-refractivity contribution in [3.63, 3.8) is 0 Å². The lowest BCUT2D eigenvalue weighted by Crippen LogP contribution is -2.30. The predicted octanol–water partition coefficient (Wildman–Crippen LogP) is 4.56. The Balaban J connectivity index is 1.46. The number of benzene rings is 2. The quantitative estimate of drug-likeness (QED) is 0.400. The average molecular weight is 458 g/mol. The molecule has 4 aromatic rings. The monoisotopic (exact) mass is 457 g/mol. The first kappa shape index (κ1) is 22.9.